The van der Waals surface area contributed by atoms with Crippen LogP contribution >= 0.6 is 0 Å². The maximum atomic E-state index is 12.8. The van der Waals surface area contributed by atoms with Crippen molar-refractivity contribution >= 4 is 11.6 Å². The Bertz CT molecular complexity index is 915. The number of benzene rings is 1. The van der Waals surface area contributed by atoms with E-state index in [1.165, 1.54) is 0 Å². The van der Waals surface area contributed by atoms with Crippen molar-refractivity contribution < 1.29 is 9.90 Å². The lowest BCUT2D eigenvalue weighted by molar-refractivity contribution is 0.0134. The molecule has 0 radical (unpaired) electrons. The number of imidazole rings is 1. The molecule has 1 unspecified atom stereocenters. The van der Waals surface area contributed by atoms with Gasteiger partial charge in [0, 0.05) is 6.20 Å². The molecule has 1 aromatic carbocycles. The average molecular weight is 335 g/mol. The van der Waals surface area contributed by atoms with Crippen molar-refractivity contribution in [3.05, 3.63) is 71.7 Å². The lowest BCUT2D eigenvalue weighted by Gasteiger charge is -2.29. The van der Waals surface area contributed by atoms with Crippen molar-refractivity contribution in [2.24, 2.45) is 5.92 Å². The molecule has 3 aromatic rings. The summed E-state index contributed by atoms with van der Waals surface area (Å²) in [6.07, 6.45) is 3.79. The predicted molar refractivity (Wildman–Crippen MR) is 95.3 cm³/mol. The van der Waals surface area contributed by atoms with Gasteiger partial charge in [-0.15, -0.1) is 0 Å². The zero-order valence-corrected chi connectivity index (χ0v) is 14.1. The molecular formula is C20H21N3O2. The average Bonchev–Trinajstić information content (AvgIpc) is 3.43. The first-order valence-electron chi connectivity index (χ1n) is 8.59. The van der Waals surface area contributed by atoms with Gasteiger partial charge in [0.15, 0.2) is 0 Å². The van der Waals surface area contributed by atoms with E-state index in [2.05, 4.69) is 10.3 Å². The smallest absolute Gasteiger partial charge is 0.270 e. The number of carbonyl (C=O) groups is 1. The van der Waals surface area contributed by atoms with E-state index in [4.69, 9.17) is 0 Å². The van der Waals surface area contributed by atoms with Crippen LogP contribution in [0.25, 0.3) is 5.65 Å². The van der Waals surface area contributed by atoms with Crippen LogP contribution in [-0.2, 0) is 5.60 Å². The van der Waals surface area contributed by atoms with Gasteiger partial charge in [-0.2, -0.15) is 0 Å². The monoisotopic (exact) mass is 335 g/mol. The summed E-state index contributed by atoms with van der Waals surface area (Å²) < 4.78 is 1.78. The number of nitrogens with one attached hydrogen (secondary N) is 1. The summed E-state index contributed by atoms with van der Waals surface area (Å²) in [5.74, 6) is -0.0234. The first kappa shape index (κ1) is 15.8. The molecule has 1 aliphatic rings. The van der Waals surface area contributed by atoms with E-state index in [9.17, 15) is 9.90 Å². The Hall–Kier alpha value is -2.66. The summed E-state index contributed by atoms with van der Waals surface area (Å²) in [5, 5.41) is 14.1. The molecule has 25 heavy (non-hydrogen) atoms. The largest absolute Gasteiger partial charge is 0.383 e. The van der Waals surface area contributed by atoms with Crippen LogP contribution in [0, 0.1) is 12.8 Å². The second kappa shape index (κ2) is 6.01. The van der Waals surface area contributed by atoms with Gasteiger partial charge in [0.1, 0.15) is 16.9 Å². The minimum atomic E-state index is -1.02. The second-order valence-electron chi connectivity index (χ2n) is 6.72. The first-order valence-corrected chi connectivity index (χ1v) is 8.59. The number of aromatic nitrogens is 2. The SMILES string of the molecule is Cc1nc2ccccn2c1C(=O)NCC(O)(c1ccccc1)C1CC1. The standard InChI is InChI=1S/C20H21N3O2/c1-14-18(23-12-6-5-9-17(23)22-14)19(24)21-13-20(25,16-10-11-16)15-7-3-2-4-8-15/h2-9,12,16,25H,10-11,13H2,1H3,(H,21,24). The van der Waals surface area contributed by atoms with E-state index in [0.29, 0.717) is 11.4 Å². The maximum Gasteiger partial charge on any atom is 0.270 e. The Labute approximate surface area is 146 Å². The highest BCUT2D eigenvalue weighted by Crippen LogP contribution is 2.45. The first-order chi connectivity index (χ1) is 12.1. The summed E-state index contributed by atoms with van der Waals surface area (Å²) in [4.78, 5) is 17.2. The van der Waals surface area contributed by atoms with Crippen LogP contribution in [0.3, 0.4) is 0 Å². The number of hydrogen-bond donors (Lipinski definition) is 2. The van der Waals surface area contributed by atoms with Crippen molar-refractivity contribution in [3.63, 3.8) is 0 Å². The van der Waals surface area contributed by atoms with Gasteiger partial charge in [0.25, 0.3) is 5.91 Å². The molecule has 1 saturated carbocycles. The van der Waals surface area contributed by atoms with Crippen molar-refractivity contribution in [3.8, 4) is 0 Å². The number of carbonyl (C=O) groups excluding carboxylic acids is 1. The Morgan fingerprint density at radius 1 is 1.24 bits per heavy atom. The molecule has 0 spiro atoms. The summed E-state index contributed by atoms with van der Waals surface area (Å²) in [6.45, 7) is 2.02. The van der Waals surface area contributed by atoms with Crippen molar-refractivity contribution in [2.75, 3.05) is 6.54 Å². The fraction of sp³-hybridized carbons (Fsp3) is 0.300. The van der Waals surface area contributed by atoms with E-state index in [1.807, 2.05) is 61.7 Å². The zero-order valence-electron chi connectivity index (χ0n) is 14.1. The minimum absolute atomic E-state index is 0.193. The molecule has 1 fully saturated rings. The third kappa shape index (κ3) is 2.81. The van der Waals surface area contributed by atoms with E-state index >= 15 is 0 Å². The van der Waals surface area contributed by atoms with Crippen molar-refractivity contribution in [1.29, 1.82) is 0 Å². The van der Waals surface area contributed by atoms with Crippen LogP contribution in [0.5, 0.6) is 0 Å². The number of amides is 1. The number of fused-ring (bicyclic) bond motifs is 1. The molecule has 5 heteroatoms. The summed E-state index contributed by atoms with van der Waals surface area (Å²) in [5.41, 5.74) is 1.77. The highest BCUT2D eigenvalue weighted by molar-refractivity contribution is 5.94. The number of rotatable bonds is 5. The summed E-state index contributed by atoms with van der Waals surface area (Å²) in [6, 6.07) is 15.2. The molecule has 1 amide bonds. The Balaban J connectivity index is 1.59. The third-order valence-electron chi connectivity index (χ3n) is 4.96. The molecule has 0 saturated heterocycles. The van der Waals surface area contributed by atoms with Gasteiger partial charge in [-0.1, -0.05) is 36.4 Å². The zero-order chi connectivity index (χ0) is 17.4. The number of aliphatic hydroxyl groups is 1. The highest BCUT2D eigenvalue weighted by atomic mass is 16.3. The van der Waals surface area contributed by atoms with Gasteiger partial charge < -0.3 is 10.4 Å². The van der Waals surface area contributed by atoms with Crippen LogP contribution in [-0.4, -0.2) is 26.9 Å². The van der Waals surface area contributed by atoms with E-state index in [1.54, 1.807) is 4.40 Å². The third-order valence-corrected chi connectivity index (χ3v) is 4.96. The van der Waals surface area contributed by atoms with Crippen LogP contribution in [0.15, 0.2) is 54.7 Å². The number of nitrogens with zero attached hydrogens (tertiary/aromatic N) is 2. The molecule has 0 aliphatic heterocycles. The van der Waals surface area contributed by atoms with Gasteiger partial charge in [0.05, 0.1) is 12.2 Å². The molecule has 128 valence electrons. The van der Waals surface area contributed by atoms with E-state index in [0.717, 1.165) is 24.1 Å². The molecule has 1 aliphatic carbocycles. The van der Waals surface area contributed by atoms with Gasteiger partial charge >= 0.3 is 0 Å². The molecule has 2 heterocycles. The fourth-order valence-electron chi connectivity index (χ4n) is 3.46. The minimum Gasteiger partial charge on any atom is -0.383 e. The van der Waals surface area contributed by atoms with Crippen LogP contribution in [0.2, 0.25) is 0 Å². The Morgan fingerprint density at radius 2 is 1.96 bits per heavy atom. The van der Waals surface area contributed by atoms with Crippen LogP contribution in [0.1, 0.15) is 34.6 Å². The quantitative estimate of drug-likeness (QED) is 0.753. The molecule has 4 rings (SSSR count). The summed E-state index contributed by atoms with van der Waals surface area (Å²) >= 11 is 0. The topological polar surface area (TPSA) is 66.6 Å². The van der Waals surface area contributed by atoms with Gasteiger partial charge in [-0.05, 0) is 43.4 Å². The molecule has 2 N–H and O–H groups in total. The van der Waals surface area contributed by atoms with Gasteiger partial charge in [0.2, 0.25) is 0 Å². The van der Waals surface area contributed by atoms with Gasteiger partial charge in [-0.3, -0.25) is 9.20 Å². The molecule has 0 bridgehead atoms. The van der Waals surface area contributed by atoms with Crippen LogP contribution in [0.4, 0.5) is 0 Å². The molecule has 5 nitrogen and oxygen atoms in total. The van der Waals surface area contributed by atoms with Crippen LogP contribution < -0.4 is 5.32 Å². The summed E-state index contributed by atoms with van der Waals surface area (Å²) in [7, 11) is 0. The number of hydrogen-bond acceptors (Lipinski definition) is 3. The van der Waals surface area contributed by atoms with Gasteiger partial charge in [-0.25, -0.2) is 4.98 Å². The fourth-order valence-corrected chi connectivity index (χ4v) is 3.46. The lowest BCUT2D eigenvalue weighted by Crippen LogP contribution is -2.42. The van der Waals surface area contributed by atoms with E-state index < -0.39 is 5.60 Å². The second-order valence-corrected chi connectivity index (χ2v) is 6.72. The lowest BCUT2D eigenvalue weighted by atomic mass is 9.88. The van der Waals surface area contributed by atoms with E-state index in [-0.39, 0.29) is 18.4 Å². The maximum absolute atomic E-state index is 12.8. The molecule has 1 atom stereocenters. The number of aryl methyl sites for hydroxylation is 1. The highest BCUT2D eigenvalue weighted by Gasteiger charge is 2.45. The molecule has 2 aromatic heterocycles. The Kier molecular flexibility index (Phi) is 3.81. The number of pyridine rings is 1. The van der Waals surface area contributed by atoms with Crippen molar-refractivity contribution in [1.82, 2.24) is 14.7 Å². The molecular weight excluding hydrogens is 314 g/mol. The predicted octanol–water partition coefficient (Wildman–Crippen LogP) is 2.67. The van der Waals surface area contributed by atoms with Crippen molar-refractivity contribution in [2.45, 2.75) is 25.4 Å². The normalized spacial score (nSPS) is 16.6. The Morgan fingerprint density at radius 3 is 2.68 bits per heavy atom.